The second kappa shape index (κ2) is 14.0. The quantitative estimate of drug-likeness (QED) is 0.102. The van der Waals surface area contributed by atoms with Gasteiger partial charge in [-0.1, -0.05) is 52.4 Å². The molecular formula is C36H40S6. The Morgan fingerprint density at radius 2 is 1.00 bits per heavy atom. The van der Waals surface area contributed by atoms with Gasteiger partial charge in [0.15, 0.2) is 0 Å². The van der Waals surface area contributed by atoms with Crippen LogP contribution in [-0.4, -0.2) is 0 Å². The van der Waals surface area contributed by atoms with E-state index in [9.17, 15) is 0 Å². The smallest absolute Gasteiger partial charge is 0.0542 e. The lowest BCUT2D eigenvalue weighted by molar-refractivity contribution is 0.670. The summed E-state index contributed by atoms with van der Waals surface area (Å²) in [6.07, 6.45) is 13.0. The molecule has 6 rings (SSSR count). The number of aryl methyl sites for hydroxylation is 4. The molecule has 220 valence electrons. The molecule has 6 aromatic rings. The summed E-state index contributed by atoms with van der Waals surface area (Å²) in [6, 6.07) is 19.3. The van der Waals surface area contributed by atoms with Crippen molar-refractivity contribution in [2.24, 2.45) is 0 Å². The predicted octanol–water partition coefficient (Wildman–Crippen LogP) is 14.7. The van der Waals surface area contributed by atoms with Gasteiger partial charge in [-0.15, -0.1) is 68.0 Å². The number of hydrogen-bond acceptors (Lipinski definition) is 6. The van der Waals surface area contributed by atoms with Crippen molar-refractivity contribution < 1.29 is 0 Å². The fourth-order valence-electron chi connectivity index (χ4n) is 5.57. The Balaban J connectivity index is 1.37. The van der Waals surface area contributed by atoms with Gasteiger partial charge >= 0.3 is 0 Å². The molecule has 0 aliphatic heterocycles. The van der Waals surface area contributed by atoms with Gasteiger partial charge in [-0.05, 0) is 88.1 Å². The van der Waals surface area contributed by atoms with E-state index in [0.29, 0.717) is 0 Å². The van der Waals surface area contributed by atoms with E-state index in [4.69, 9.17) is 0 Å². The average Bonchev–Trinajstić information content (AvgIpc) is 3.80. The zero-order chi connectivity index (χ0) is 29.1. The van der Waals surface area contributed by atoms with Crippen LogP contribution in [0.3, 0.4) is 0 Å². The molecule has 0 saturated heterocycles. The third-order valence-electron chi connectivity index (χ3n) is 7.77. The molecule has 0 spiro atoms. The maximum Gasteiger partial charge on any atom is 0.0542 e. The molecule has 0 atom stereocenters. The van der Waals surface area contributed by atoms with E-state index in [1.807, 2.05) is 68.0 Å². The van der Waals surface area contributed by atoms with Crippen LogP contribution in [0.2, 0.25) is 0 Å². The fraction of sp³-hybridized carbons (Fsp3) is 0.389. The largest absolute Gasteiger partial charge is 0.140 e. The molecule has 0 aliphatic carbocycles. The van der Waals surface area contributed by atoms with Gasteiger partial charge in [0.1, 0.15) is 0 Å². The molecule has 0 nitrogen and oxygen atoms in total. The van der Waals surface area contributed by atoms with Gasteiger partial charge in [-0.2, -0.15) is 0 Å². The summed E-state index contributed by atoms with van der Waals surface area (Å²) in [5, 5.41) is 0. The minimum atomic E-state index is 1.21. The van der Waals surface area contributed by atoms with Crippen LogP contribution in [-0.2, 0) is 12.8 Å². The van der Waals surface area contributed by atoms with Crippen molar-refractivity contribution in [2.45, 2.75) is 91.9 Å². The highest BCUT2D eigenvalue weighted by atomic mass is 32.1. The molecule has 42 heavy (non-hydrogen) atoms. The van der Waals surface area contributed by atoms with Crippen LogP contribution in [0.1, 0.15) is 84.7 Å². The number of fused-ring (bicyclic) bond motifs is 1. The topological polar surface area (TPSA) is 0 Å². The van der Waals surface area contributed by atoms with E-state index in [0.717, 1.165) is 0 Å². The zero-order valence-corrected chi connectivity index (χ0v) is 30.0. The third-order valence-corrected chi connectivity index (χ3v) is 14.9. The van der Waals surface area contributed by atoms with Crippen molar-refractivity contribution >= 4 is 77.4 Å². The van der Waals surface area contributed by atoms with E-state index in [-0.39, 0.29) is 0 Å². The van der Waals surface area contributed by atoms with E-state index in [1.54, 1.807) is 0 Å². The van der Waals surface area contributed by atoms with Crippen molar-refractivity contribution in [3.05, 3.63) is 68.0 Å². The van der Waals surface area contributed by atoms with Crippen molar-refractivity contribution in [1.29, 1.82) is 0 Å². The van der Waals surface area contributed by atoms with Crippen molar-refractivity contribution in [3.63, 3.8) is 0 Å². The molecule has 6 heteroatoms. The fourth-order valence-corrected chi connectivity index (χ4v) is 12.6. The summed E-state index contributed by atoms with van der Waals surface area (Å²) in [7, 11) is 0. The molecule has 0 aliphatic rings. The highest BCUT2D eigenvalue weighted by Crippen LogP contribution is 2.52. The summed E-state index contributed by atoms with van der Waals surface area (Å²) in [4.78, 5) is 14.4. The minimum Gasteiger partial charge on any atom is -0.140 e. The van der Waals surface area contributed by atoms with Gasteiger partial charge in [0, 0.05) is 59.5 Å². The number of unbranched alkanes of at least 4 members (excludes halogenated alkanes) is 6. The van der Waals surface area contributed by atoms with Crippen LogP contribution >= 0.6 is 68.0 Å². The van der Waals surface area contributed by atoms with Gasteiger partial charge < -0.3 is 0 Å². The van der Waals surface area contributed by atoms with Crippen LogP contribution in [0.4, 0.5) is 0 Å². The summed E-state index contributed by atoms with van der Waals surface area (Å²) >= 11 is 11.9. The van der Waals surface area contributed by atoms with Gasteiger partial charge in [0.05, 0.1) is 9.75 Å². The normalized spacial score (nSPS) is 11.8. The molecule has 6 aromatic heterocycles. The van der Waals surface area contributed by atoms with Crippen LogP contribution in [0.5, 0.6) is 0 Å². The van der Waals surface area contributed by atoms with Gasteiger partial charge in [0.2, 0.25) is 0 Å². The lowest BCUT2D eigenvalue weighted by Gasteiger charge is -2.04. The molecule has 0 unspecified atom stereocenters. The first-order chi connectivity index (χ1) is 20.5. The summed E-state index contributed by atoms with van der Waals surface area (Å²) in [5.74, 6) is 0. The van der Waals surface area contributed by atoms with Crippen molar-refractivity contribution in [1.82, 2.24) is 0 Å². The Morgan fingerprint density at radius 3 is 1.62 bits per heavy atom. The Morgan fingerprint density at radius 1 is 0.452 bits per heavy atom. The first-order valence-electron chi connectivity index (χ1n) is 15.5. The monoisotopic (exact) mass is 664 g/mol. The van der Waals surface area contributed by atoms with Crippen molar-refractivity contribution in [2.75, 3.05) is 0 Å². The van der Waals surface area contributed by atoms with E-state index >= 15 is 0 Å². The molecule has 0 radical (unpaired) electrons. The predicted molar refractivity (Wildman–Crippen MR) is 198 cm³/mol. The number of thiophene rings is 6. The molecule has 0 saturated carbocycles. The molecule has 0 aromatic carbocycles. The van der Waals surface area contributed by atoms with Crippen LogP contribution in [0.25, 0.3) is 49.8 Å². The standard InChI is InChI=1S/C36H40S6/c1-5-7-9-11-13-25-15-17-29(39-25)27-19-23(3)38-35(27)36-28(30-18-16-26(40-30)14-12-10-8-6-2)21-32(42-36)34-22-33-31(41-34)20-24(4)37-33/h15-22H,5-14H2,1-4H3. The van der Waals surface area contributed by atoms with E-state index in [2.05, 4.69) is 76.2 Å². The van der Waals surface area contributed by atoms with Crippen LogP contribution in [0, 0.1) is 13.8 Å². The average molecular weight is 665 g/mol. The zero-order valence-electron chi connectivity index (χ0n) is 25.1. The Bertz CT molecular complexity index is 1710. The summed E-state index contributed by atoms with van der Waals surface area (Å²) in [5.41, 5.74) is 2.85. The van der Waals surface area contributed by atoms with Gasteiger partial charge in [0.25, 0.3) is 0 Å². The van der Waals surface area contributed by atoms with Gasteiger partial charge in [-0.3, -0.25) is 0 Å². The first-order valence-corrected chi connectivity index (χ1v) is 20.4. The first kappa shape index (κ1) is 30.5. The van der Waals surface area contributed by atoms with Gasteiger partial charge in [-0.25, -0.2) is 0 Å². The molecule has 0 fully saturated rings. The maximum atomic E-state index is 2.50. The molecule has 0 amide bonds. The highest BCUT2D eigenvalue weighted by molar-refractivity contribution is 7.32. The highest BCUT2D eigenvalue weighted by Gasteiger charge is 2.22. The Hall–Kier alpha value is -1.54. The Labute approximate surface area is 275 Å². The van der Waals surface area contributed by atoms with Crippen LogP contribution in [0.15, 0.2) is 48.5 Å². The van der Waals surface area contributed by atoms with E-state index < -0.39 is 0 Å². The van der Waals surface area contributed by atoms with Crippen LogP contribution < -0.4 is 0 Å². The lowest BCUT2D eigenvalue weighted by atomic mass is 10.1. The lowest BCUT2D eigenvalue weighted by Crippen LogP contribution is -1.80. The maximum absolute atomic E-state index is 2.50. The molecular weight excluding hydrogens is 625 g/mol. The Kier molecular flexibility index (Phi) is 10.2. The van der Waals surface area contributed by atoms with Crippen molar-refractivity contribution in [3.8, 4) is 40.4 Å². The molecule has 0 bridgehead atoms. The number of rotatable bonds is 14. The third kappa shape index (κ3) is 6.90. The summed E-state index contributed by atoms with van der Waals surface area (Å²) < 4.78 is 2.85. The van der Waals surface area contributed by atoms with E-state index in [1.165, 1.54) is 134 Å². The minimum absolute atomic E-state index is 1.21. The second-order valence-electron chi connectivity index (χ2n) is 11.3. The summed E-state index contributed by atoms with van der Waals surface area (Å²) in [6.45, 7) is 9.08. The molecule has 6 heterocycles. The second-order valence-corrected chi connectivity index (χ2v) is 18.3. The SMILES string of the molecule is CCCCCCc1ccc(-c2cc(C)sc2-c2sc(-c3cc4sc(C)cc4s3)cc2-c2ccc(CCCCCC)s2)s1. The number of hydrogen-bond donors (Lipinski definition) is 0. The molecule has 0 N–H and O–H groups in total.